The number of nitrogens with two attached hydrogens (primary N) is 1. The predicted molar refractivity (Wildman–Crippen MR) is 73.9 cm³/mol. The fourth-order valence-electron chi connectivity index (χ4n) is 3.40. The van der Waals surface area contributed by atoms with Crippen molar-refractivity contribution in [2.75, 3.05) is 19.6 Å². The molecule has 2 aliphatic rings. The smallest absolute Gasteiger partial charge is 0.222 e. The van der Waals surface area contributed by atoms with E-state index in [0.29, 0.717) is 12.2 Å². The van der Waals surface area contributed by atoms with E-state index in [4.69, 9.17) is 5.73 Å². The second kappa shape index (κ2) is 4.18. The van der Waals surface area contributed by atoms with Crippen LogP contribution in [0.3, 0.4) is 0 Å². The lowest BCUT2D eigenvalue weighted by molar-refractivity contribution is -0.127. The van der Waals surface area contributed by atoms with Crippen molar-refractivity contribution >= 4 is 27.6 Å². The molecule has 3 atom stereocenters. The Morgan fingerprint density at radius 1 is 1.40 bits per heavy atom. The Morgan fingerprint density at radius 2 is 2.30 bits per heavy atom. The van der Waals surface area contributed by atoms with Gasteiger partial charge in [-0.2, -0.15) is 0 Å². The monoisotopic (exact) mass is 290 g/mol. The van der Waals surface area contributed by atoms with Gasteiger partial charge in [0.05, 0.1) is 27.9 Å². The number of rotatable bonds is 2. The van der Waals surface area contributed by atoms with Gasteiger partial charge < -0.3 is 16.4 Å². The number of primary amides is 1. The number of nitrogens with zero attached hydrogens (tertiary/aromatic N) is 3. The zero-order valence-electron chi connectivity index (χ0n) is 10.7. The Kier molecular flexibility index (Phi) is 2.53. The van der Waals surface area contributed by atoms with Gasteiger partial charge >= 0.3 is 0 Å². The van der Waals surface area contributed by atoms with Crippen LogP contribution in [0.1, 0.15) is 11.7 Å². The SMILES string of the molecule is NC(=O)C1CNCC12CNC2c1ncnc2ncsc12. The van der Waals surface area contributed by atoms with Crippen LogP contribution >= 0.6 is 11.3 Å². The van der Waals surface area contributed by atoms with Crippen LogP contribution in [0.25, 0.3) is 10.3 Å². The number of thiazole rings is 1. The van der Waals surface area contributed by atoms with E-state index < -0.39 is 0 Å². The van der Waals surface area contributed by atoms with Gasteiger partial charge in [0.2, 0.25) is 5.91 Å². The van der Waals surface area contributed by atoms with Crippen LogP contribution in [0, 0.1) is 11.3 Å². The van der Waals surface area contributed by atoms with Gasteiger partial charge in [-0.3, -0.25) is 4.79 Å². The molecule has 1 amide bonds. The minimum absolute atomic E-state index is 0.0287. The molecular formula is C12H14N6OS. The number of carbonyl (C=O) groups is 1. The average molecular weight is 290 g/mol. The summed E-state index contributed by atoms with van der Waals surface area (Å²) >= 11 is 1.53. The minimum atomic E-state index is -0.240. The predicted octanol–water partition coefficient (Wildman–Crippen LogP) is -0.578. The van der Waals surface area contributed by atoms with Crippen molar-refractivity contribution in [2.24, 2.45) is 17.1 Å². The van der Waals surface area contributed by atoms with Crippen molar-refractivity contribution in [3.05, 3.63) is 17.5 Å². The van der Waals surface area contributed by atoms with Gasteiger partial charge in [0.1, 0.15) is 6.33 Å². The van der Waals surface area contributed by atoms with Crippen LogP contribution in [0.15, 0.2) is 11.8 Å². The Labute approximate surface area is 119 Å². The molecule has 8 heteroatoms. The third kappa shape index (κ3) is 1.46. The molecule has 3 unspecified atom stereocenters. The lowest BCUT2D eigenvalue weighted by Crippen LogP contribution is -2.62. The van der Waals surface area contributed by atoms with Crippen molar-refractivity contribution < 1.29 is 4.79 Å². The van der Waals surface area contributed by atoms with Gasteiger partial charge in [0, 0.05) is 25.0 Å². The molecule has 4 heterocycles. The molecule has 2 aromatic rings. The first-order chi connectivity index (χ1) is 9.72. The highest BCUT2D eigenvalue weighted by Crippen LogP contribution is 2.49. The van der Waals surface area contributed by atoms with Gasteiger partial charge in [-0.25, -0.2) is 15.0 Å². The van der Waals surface area contributed by atoms with Crippen molar-refractivity contribution in [2.45, 2.75) is 6.04 Å². The lowest BCUT2D eigenvalue weighted by Gasteiger charge is -2.50. The Balaban J connectivity index is 1.79. The van der Waals surface area contributed by atoms with Crippen molar-refractivity contribution in [1.82, 2.24) is 25.6 Å². The molecule has 4 rings (SSSR count). The molecule has 0 aliphatic carbocycles. The highest BCUT2D eigenvalue weighted by atomic mass is 32.1. The fourth-order valence-corrected chi connectivity index (χ4v) is 4.16. The number of hydrogen-bond acceptors (Lipinski definition) is 7. The van der Waals surface area contributed by atoms with Gasteiger partial charge in [0.25, 0.3) is 0 Å². The third-order valence-electron chi connectivity index (χ3n) is 4.48. The van der Waals surface area contributed by atoms with E-state index in [9.17, 15) is 4.79 Å². The summed E-state index contributed by atoms with van der Waals surface area (Å²) < 4.78 is 0.985. The van der Waals surface area contributed by atoms with E-state index in [-0.39, 0.29) is 23.3 Å². The molecule has 2 fully saturated rings. The van der Waals surface area contributed by atoms with Gasteiger partial charge in [-0.1, -0.05) is 0 Å². The molecule has 7 nitrogen and oxygen atoms in total. The summed E-state index contributed by atoms with van der Waals surface area (Å²) in [5, 5.41) is 6.69. The largest absolute Gasteiger partial charge is 0.369 e. The molecule has 20 heavy (non-hydrogen) atoms. The first-order valence-electron chi connectivity index (χ1n) is 6.50. The number of hydrogen-bond donors (Lipinski definition) is 3. The normalized spacial score (nSPS) is 32.6. The second-order valence-electron chi connectivity index (χ2n) is 5.40. The highest BCUT2D eigenvalue weighted by Gasteiger charge is 2.58. The maximum absolute atomic E-state index is 11.7. The maximum Gasteiger partial charge on any atom is 0.222 e. The van der Waals surface area contributed by atoms with Crippen LogP contribution in [-0.4, -0.2) is 40.5 Å². The Morgan fingerprint density at radius 3 is 3.05 bits per heavy atom. The van der Waals surface area contributed by atoms with Crippen LogP contribution in [0.5, 0.6) is 0 Å². The van der Waals surface area contributed by atoms with Gasteiger partial charge in [0.15, 0.2) is 5.65 Å². The molecule has 2 saturated heterocycles. The maximum atomic E-state index is 11.7. The van der Waals surface area contributed by atoms with E-state index in [1.807, 2.05) is 0 Å². The zero-order chi connectivity index (χ0) is 13.7. The number of aromatic nitrogens is 3. The van der Waals surface area contributed by atoms with Gasteiger partial charge in [-0.15, -0.1) is 11.3 Å². The molecule has 2 aliphatic heterocycles. The number of nitrogens with one attached hydrogen (secondary N) is 2. The van der Waals surface area contributed by atoms with Crippen LogP contribution in [0.2, 0.25) is 0 Å². The molecule has 0 aromatic carbocycles. The molecule has 1 spiro atoms. The molecule has 0 bridgehead atoms. The molecule has 104 valence electrons. The molecule has 2 aromatic heterocycles. The highest BCUT2D eigenvalue weighted by molar-refractivity contribution is 7.16. The van der Waals surface area contributed by atoms with Gasteiger partial charge in [-0.05, 0) is 0 Å². The summed E-state index contributed by atoms with van der Waals surface area (Å²) in [6.07, 6.45) is 1.53. The summed E-state index contributed by atoms with van der Waals surface area (Å²) in [6, 6.07) is 0.0287. The van der Waals surface area contributed by atoms with Crippen molar-refractivity contribution in [3.63, 3.8) is 0 Å². The zero-order valence-corrected chi connectivity index (χ0v) is 11.5. The molecule has 0 saturated carbocycles. The van der Waals surface area contributed by atoms with E-state index in [1.54, 1.807) is 5.51 Å². The molecular weight excluding hydrogens is 276 g/mol. The standard InChI is InChI=1S/C12H14N6OS/c13-10(19)6-1-14-2-12(6)3-15-9(12)7-8-11(17-4-16-7)18-5-20-8/h4-6,9,14-15H,1-3H2,(H2,13,19). The first-order valence-corrected chi connectivity index (χ1v) is 7.38. The summed E-state index contributed by atoms with van der Waals surface area (Å²) in [5.74, 6) is -0.400. The first kappa shape index (κ1) is 12.1. The second-order valence-corrected chi connectivity index (χ2v) is 6.25. The minimum Gasteiger partial charge on any atom is -0.369 e. The molecule has 0 radical (unpaired) electrons. The van der Waals surface area contributed by atoms with Crippen molar-refractivity contribution in [3.8, 4) is 0 Å². The van der Waals surface area contributed by atoms with E-state index >= 15 is 0 Å². The van der Waals surface area contributed by atoms with Crippen LogP contribution in [-0.2, 0) is 4.79 Å². The quantitative estimate of drug-likeness (QED) is 0.683. The number of carbonyl (C=O) groups excluding carboxylic acids is 1. The van der Waals surface area contributed by atoms with Crippen molar-refractivity contribution in [1.29, 1.82) is 0 Å². The van der Waals surface area contributed by atoms with Crippen LogP contribution < -0.4 is 16.4 Å². The molecule has 4 N–H and O–H groups in total. The van der Waals surface area contributed by atoms with E-state index in [2.05, 4.69) is 25.6 Å². The number of fused-ring (bicyclic) bond motifs is 1. The average Bonchev–Trinajstić information content (AvgIpc) is 3.05. The fraction of sp³-hybridized carbons (Fsp3) is 0.500. The van der Waals surface area contributed by atoms with E-state index in [1.165, 1.54) is 17.7 Å². The Bertz CT molecular complexity index is 687. The van der Waals surface area contributed by atoms with Crippen LogP contribution in [0.4, 0.5) is 0 Å². The summed E-state index contributed by atoms with van der Waals surface area (Å²) in [6.45, 7) is 2.20. The third-order valence-corrected chi connectivity index (χ3v) is 5.32. The lowest BCUT2D eigenvalue weighted by atomic mass is 9.65. The Hall–Kier alpha value is -1.64. The summed E-state index contributed by atoms with van der Waals surface area (Å²) in [4.78, 5) is 24.5. The summed E-state index contributed by atoms with van der Waals surface area (Å²) in [7, 11) is 0. The topological polar surface area (TPSA) is 106 Å². The summed E-state index contributed by atoms with van der Waals surface area (Å²) in [5.41, 5.74) is 8.81. The van der Waals surface area contributed by atoms with E-state index in [0.717, 1.165) is 23.5 Å². The number of amides is 1.